The summed E-state index contributed by atoms with van der Waals surface area (Å²) in [5, 5.41) is 0.838. The summed E-state index contributed by atoms with van der Waals surface area (Å²) in [5.41, 5.74) is 0.809. The van der Waals surface area contributed by atoms with E-state index in [0.29, 0.717) is 17.4 Å². The molecule has 21 heavy (non-hydrogen) atoms. The molecule has 0 saturated heterocycles. The van der Waals surface area contributed by atoms with Crippen molar-refractivity contribution in [2.75, 3.05) is 6.79 Å². The lowest BCUT2D eigenvalue weighted by Gasteiger charge is -2.08. The number of fused-ring (bicyclic) bond motifs is 2. The van der Waals surface area contributed by atoms with Crippen molar-refractivity contribution in [2.24, 2.45) is 0 Å². The molecule has 1 aliphatic heterocycles. The van der Waals surface area contributed by atoms with E-state index in [4.69, 9.17) is 14.2 Å². The third kappa shape index (κ3) is 2.17. The lowest BCUT2D eigenvalue weighted by molar-refractivity contribution is 0.174. The third-order valence-electron chi connectivity index (χ3n) is 3.14. The monoisotopic (exact) mass is 344 g/mol. The summed E-state index contributed by atoms with van der Waals surface area (Å²) in [7, 11) is 0. The van der Waals surface area contributed by atoms with Crippen molar-refractivity contribution in [2.45, 2.75) is 0 Å². The van der Waals surface area contributed by atoms with Crippen molar-refractivity contribution in [1.82, 2.24) is 9.97 Å². The van der Waals surface area contributed by atoms with Crippen LogP contribution in [0.3, 0.4) is 0 Å². The maximum absolute atomic E-state index is 5.86. The maximum atomic E-state index is 5.86. The number of rotatable bonds is 2. The standard InChI is InChI=1S/C15H9BrN2O3/c16-11-3-1-2-10-14(11)17-7-18-15(10)21-9-4-5-12-13(6-9)20-8-19-12/h1-7H,8H2. The van der Waals surface area contributed by atoms with Crippen LogP contribution < -0.4 is 14.2 Å². The van der Waals surface area contributed by atoms with E-state index in [2.05, 4.69) is 25.9 Å². The molecule has 4 rings (SSSR count). The first kappa shape index (κ1) is 12.4. The second-order valence-corrected chi connectivity index (χ2v) is 5.29. The Morgan fingerprint density at radius 3 is 2.90 bits per heavy atom. The molecule has 0 fully saturated rings. The van der Waals surface area contributed by atoms with Crippen LogP contribution in [-0.4, -0.2) is 16.8 Å². The van der Waals surface area contributed by atoms with E-state index in [9.17, 15) is 0 Å². The first-order valence-corrected chi connectivity index (χ1v) is 7.07. The van der Waals surface area contributed by atoms with Crippen molar-refractivity contribution in [3.8, 4) is 23.1 Å². The number of aromatic nitrogens is 2. The molecule has 1 aliphatic rings. The van der Waals surface area contributed by atoms with Crippen molar-refractivity contribution in [1.29, 1.82) is 0 Å². The summed E-state index contributed by atoms with van der Waals surface area (Å²) in [6.07, 6.45) is 1.48. The van der Waals surface area contributed by atoms with E-state index in [1.165, 1.54) is 6.33 Å². The minimum absolute atomic E-state index is 0.238. The molecule has 0 amide bonds. The highest BCUT2D eigenvalue weighted by molar-refractivity contribution is 9.10. The lowest BCUT2D eigenvalue weighted by Crippen LogP contribution is -1.93. The van der Waals surface area contributed by atoms with Gasteiger partial charge in [-0.05, 0) is 40.2 Å². The highest BCUT2D eigenvalue weighted by atomic mass is 79.9. The van der Waals surface area contributed by atoms with Gasteiger partial charge in [0.2, 0.25) is 12.7 Å². The average Bonchev–Trinajstić information content (AvgIpc) is 2.96. The summed E-state index contributed by atoms with van der Waals surface area (Å²) in [4.78, 5) is 8.47. The Balaban J connectivity index is 1.76. The Morgan fingerprint density at radius 2 is 1.95 bits per heavy atom. The summed E-state index contributed by atoms with van der Waals surface area (Å²) in [6.45, 7) is 0.238. The molecule has 3 aromatic rings. The number of benzene rings is 2. The van der Waals surface area contributed by atoms with Gasteiger partial charge < -0.3 is 14.2 Å². The van der Waals surface area contributed by atoms with Crippen LogP contribution in [0.4, 0.5) is 0 Å². The number of ether oxygens (including phenoxy) is 3. The maximum Gasteiger partial charge on any atom is 0.231 e. The average molecular weight is 345 g/mol. The van der Waals surface area contributed by atoms with Crippen LogP contribution in [-0.2, 0) is 0 Å². The van der Waals surface area contributed by atoms with Gasteiger partial charge in [-0.25, -0.2) is 9.97 Å². The Labute approximate surface area is 128 Å². The molecule has 0 unspecified atom stereocenters. The van der Waals surface area contributed by atoms with Gasteiger partial charge in [0, 0.05) is 10.5 Å². The first-order valence-electron chi connectivity index (χ1n) is 6.28. The van der Waals surface area contributed by atoms with Gasteiger partial charge >= 0.3 is 0 Å². The van der Waals surface area contributed by atoms with E-state index in [1.807, 2.05) is 30.3 Å². The third-order valence-corrected chi connectivity index (χ3v) is 3.78. The molecule has 2 heterocycles. The van der Waals surface area contributed by atoms with Crippen LogP contribution in [0, 0.1) is 0 Å². The van der Waals surface area contributed by atoms with Crippen LogP contribution in [0.2, 0.25) is 0 Å². The fraction of sp³-hybridized carbons (Fsp3) is 0.0667. The molecule has 5 nitrogen and oxygen atoms in total. The molecule has 0 radical (unpaired) electrons. The molecule has 1 aromatic heterocycles. The minimum atomic E-state index is 0.238. The molecule has 104 valence electrons. The van der Waals surface area contributed by atoms with Crippen LogP contribution in [0.5, 0.6) is 23.1 Å². The Hall–Kier alpha value is -2.34. The number of para-hydroxylation sites is 1. The van der Waals surface area contributed by atoms with Crippen LogP contribution >= 0.6 is 15.9 Å². The molecular weight excluding hydrogens is 336 g/mol. The Bertz CT molecular complexity index is 838. The van der Waals surface area contributed by atoms with Gasteiger partial charge in [0.05, 0.1) is 10.9 Å². The molecule has 0 aliphatic carbocycles. The van der Waals surface area contributed by atoms with Gasteiger partial charge in [-0.15, -0.1) is 0 Å². The van der Waals surface area contributed by atoms with Gasteiger partial charge in [0.25, 0.3) is 0 Å². The summed E-state index contributed by atoms with van der Waals surface area (Å²) >= 11 is 3.47. The van der Waals surface area contributed by atoms with Crippen LogP contribution in [0.1, 0.15) is 0 Å². The summed E-state index contributed by atoms with van der Waals surface area (Å²) in [5.74, 6) is 2.53. The van der Waals surface area contributed by atoms with Crippen molar-refractivity contribution in [3.63, 3.8) is 0 Å². The topological polar surface area (TPSA) is 53.5 Å². The highest BCUT2D eigenvalue weighted by Gasteiger charge is 2.15. The summed E-state index contributed by atoms with van der Waals surface area (Å²) < 4.78 is 17.4. The van der Waals surface area contributed by atoms with E-state index in [1.54, 1.807) is 6.07 Å². The molecule has 0 saturated carbocycles. The Morgan fingerprint density at radius 1 is 1.05 bits per heavy atom. The molecule has 0 N–H and O–H groups in total. The number of nitrogens with zero attached hydrogens (tertiary/aromatic N) is 2. The largest absolute Gasteiger partial charge is 0.454 e. The quantitative estimate of drug-likeness (QED) is 0.705. The number of hydrogen-bond donors (Lipinski definition) is 0. The van der Waals surface area contributed by atoms with Crippen LogP contribution in [0.25, 0.3) is 10.9 Å². The van der Waals surface area contributed by atoms with Gasteiger partial charge in [-0.3, -0.25) is 0 Å². The fourth-order valence-electron chi connectivity index (χ4n) is 2.16. The molecule has 0 spiro atoms. The highest BCUT2D eigenvalue weighted by Crippen LogP contribution is 2.37. The molecule has 0 bridgehead atoms. The van der Waals surface area contributed by atoms with Crippen molar-refractivity contribution < 1.29 is 14.2 Å². The number of hydrogen-bond acceptors (Lipinski definition) is 5. The molecule has 0 atom stereocenters. The zero-order chi connectivity index (χ0) is 14.2. The van der Waals surface area contributed by atoms with E-state index < -0.39 is 0 Å². The predicted molar refractivity (Wildman–Crippen MR) is 79.9 cm³/mol. The molecule has 2 aromatic carbocycles. The van der Waals surface area contributed by atoms with Gasteiger partial charge in [-0.2, -0.15) is 0 Å². The SMILES string of the molecule is Brc1cccc2c(Oc3ccc4c(c3)OCO4)ncnc12. The van der Waals surface area contributed by atoms with Crippen molar-refractivity contribution >= 4 is 26.8 Å². The minimum Gasteiger partial charge on any atom is -0.454 e. The van der Waals surface area contributed by atoms with E-state index >= 15 is 0 Å². The van der Waals surface area contributed by atoms with Crippen molar-refractivity contribution in [3.05, 3.63) is 47.2 Å². The summed E-state index contributed by atoms with van der Waals surface area (Å²) in [6, 6.07) is 11.2. The van der Waals surface area contributed by atoms with E-state index in [-0.39, 0.29) is 6.79 Å². The second-order valence-electron chi connectivity index (χ2n) is 4.43. The fourth-order valence-corrected chi connectivity index (χ4v) is 2.63. The predicted octanol–water partition coefficient (Wildman–Crippen LogP) is 3.91. The number of halogens is 1. The zero-order valence-electron chi connectivity index (χ0n) is 10.7. The lowest BCUT2D eigenvalue weighted by atomic mass is 10.2. The van der Waals surface area contributed by atoms with Gasteiger partial charge in [0.15, 0.2) is 11.5 Å². The second kappa shape index (κ2) is 4.89. The molecular formula is C15H9BrN2O3. The van der Waals surface area contributed by atoms with Gasteiger partial charge in [0.1, 0.15) is 12.1 Å². The van der Waals surface area contributed by atoms with E-state index in [0.717, 1.165) is 21.1 Å². The molecule has 6 heteroatoms. The first-order chi connectivity index (χ1) is 10.3. The zero-order valence-corrected chi connectivity index (χ0v) is 12.3. The Kier molecular flexibility index (Phi) is 2.89. The normalized spacial score (nSPS) is 12.6. The van der Waals surface area contributed by atoms with Gasteiger partial charge in [-0.1, -0.05) is 6.07 Å². The smallest absolute Gasteiger partial charge is 0.231 e. The van der Waals surface area contributed by atoms with Crippen LogP contribution in [0.15, 0.2) is 47.2 Å².